The highest BCUT2D eigenvalue weighted by molar-refractivity contribution is 14.1. The maximum Gasteiger partial charge on any atom is 0.416 e. The van der Waals surface area contributed by atoms with Crippen molar-refractivity contribution in [1.29, 1.82) is 0 Å². The lowest BCUT2D eigenvalue weighted by Gasteiger charge is -2.13. The van der Waals surface area contributed by atoms with Gasteiger partial charge in [0.05, 0.1) is 29.8 Å². The molecule has 11 heteroatoms. The highest BCUT2D eigenvalue weighted by Gasteiger charge is 2.31. The van der Waals surface area contributed by atoms with Crippen molar-refractivity contribution in [2.45, 2.75) is 12.8 Å². The third kappa shape index (κ3) is 6.04. The first-order valence-corrected chi connectivity index (χ1v) is 13.9. The van der Waals surface area contributed by atoms with Crippen LogP contribution in [0.4, 0.5) is 17.6 Å². The van der Waals surface area contributed by atoms with Crippen molar-refractivity contribution in [3.8, 4) is 17.1 Å². The van der Waals surface area contributed by atoms with Crippen LogP contribution in [0.3, 0.4) is 0 Å². The molecule has 1 aromatic heterocycles. The Kier molecular flexibility index (Phi) is 8.21. The average Bonchev–Trinajstić information content (AvgIpc) is 2.92. The number of aromatic nitrogens is 2. The van der Waals surface area contributed by atoms with Gasteiger partial charge in [0.15, 0.2) is 5.82 Å². The summed E-state index contributed by atoms with van der Waals surface area (Å²) in [5, 5.41) is 4.62. The fraction of sp³-hybridized carbons (Fsp3) is 0.0690. The predicted octanol–water partition coefficient (Wildman–Crippen LogP) is 7.89. The predicted molar refractivity (Wildman–Crippen MR) is 162 cm³/mol. The van der Waals surface area contributed by atoms with Crippen molar-refractivity contribution < 1.29 is 22.3 Å². The van der Waals surface area contributed by atoms with Crippen LogP contribution in [0.15, 0.2) is 94.8 Å². The van der Waals surface area contributed by atoms with Crippen LogP contribution in [0.25, 0.3) is 22.3 Å². The van der Waals surface area contributed by atoms with Crippen LogP contribution in [-0.2, 0) is 12.8 Å². The van der Waals surface area contributed by atoms with Gasteiger partial charge >= 0.3 is 6.18 Å². The van der Waals surface area contributed by atoms with Crippen LogP contribution in [0.2, 0.25) is 0 Å². The molecule has 1 heterocycles. The second-order valence-corrected chi connectivity index (χ2v) is 10.9. The van der Waals surface area contributed by atoms with Gasteiger partial charge in [-0.25, -0.2) is 9.37 Å². The molecular formula is C29H17F4I2N3O2. The minimum Gasteiger partial charge on any atom is -0.487 e. The van der Waals surface area contributed by atoms with Crippen molar-refractivity contribution in [1.82, 2.24) is 9.66 Å². The second kappa shape index (κ2) is 11.6. The molecule has 5 aromatic rings. The number of fused-ring (bicyclic) bond motifs is 1. The van der Waals surface area contributed by atoms with Gasteiger partial charge in [0.1, 0.15) is 18.2 Å². The van der Waals surface area contributed by atoms with Crippen LogP contribution >= 0.6 is 45.2 Å². The van der Waals surface area contributed by atoms with E-state index in [1.807, 2.05) is 0 Å². The Morgan fingerprint density at radius 2 is 1.62 bits per heavy atom. The molecule has 0 aliphatic carbocycles. The lowest BCUT2D eigenvalue weighted by atomic mass is 10.1. The number of hydrogen-bond acceptors (Lipinski definition) is 4. The zero-order chi connectivity index (χ0) is 28.4. The maximum atomic E-state index is 14.0. The first-order chi connectivity index (χ1) is 19.1. The lowest BCUT2D eigenvalue weighted by molar-refractivity contribution is -0.137. The highest BCUT2D eigenvalue weighted by atomic mass is 127. The molecule has 0 aliphatic rings. The Morgan fingerprint density at radius 3 is 2.35 bits per heavy atom. The van der Waals surface area contributed by atoms with E-state index in [4.69, 9.17) is 4.74 Å². The molecule has 5 nitrogen and oxygen atoms in total. The molecule has 202 valence electrons. The third-order valence-corrected chi connectivity index (χ3v) is 7.48. The van der Waals surface area contributed by atoms with Crippen molar-refractivity contribution >= 4 is 62.3 Å². The first kappa shape index (κ1) is 28.2. The van der Waals surface area contributed by atoms with E-state index in [1.54, 1.807) is 54.6 Å². The average molecular weight is 769 g/mol. The summed E-state index contributed by atoms with van der Waals surface area (Å²) in [6.07, 6.45) is -3.13. The summed E-state index contributed by atoms with van der Waals surface area (Å²) < 4.78 is 62.6. The molecule has 0 saturated heterocycles. The topological polar surface area (TPSA) is 56.5 Å². The smallest absolute Gasteiger partial charge is 0.416 e. The summed E-state index contributed by atoms with van der Waals surface area (Å²) >= 11 is 4.18. The van der Waals surface area contributed by atoms with E-state index < -0.39 is 17.3 Å². The largest absolute Gasteiger partial charge is 0.487 e. The summed E-state index contributed by atoms with van der Waals surface area (Å²) in [6.45, 7) is 0.0462. The minimum atomic E-state index is -4.56. The van der Waals surface area contributed by atoms with Gasteiger partial charge in [-0.2, -0.15) is 22.9 Å². The van der Waals surface area contributed by atoms with Gasteiger partial charge in [-0.15, -0.1) is 0 Å². The van der Waals surface area contributed by atoms with Crippen molar-refractivity contribution in [2.75, 3.05) is 0 Å². The molecule has 0 fully saturated rings. The molecule has 40 heavy (non-hydrogen) atoms. The van der Waals surface area contributed by atoms with Gasteiger partial charge in [-0.05, 0) is 93.2 Å². The monoisotopic (exact) mass is 769 g/mol. The van der Waals surface area contributed by atoms with E-state index >= 15 is 0 Å². The van der Waals surface area contributed by atoms with E-state index in [2.05, 4.69) is 55.3 Å². The van der Waals surface area contributed by atoms with Gasteiger partial charge in [-0.3, -0.25) is 4.79 Å². The van der Waals surface area contributed by atoms with Crippen LogP contribution in [0, 0.1) is 13.0 Å². The fourth-order valence-corrected chi connectivity index (χ4v) is 6.06. The third-order valence-electron chi connectivity index (χ3n) is 5.87. The Morgan fingerprint density at radius 1 is 0.925 bits per heavy atom. The number of ether oxygens (including phenoxy) is 1. The SMILES string of the molecule is O=c1c2ccccc2nc(-c2cccc(C(F)(F)F)c2)n1N=Cc1cc(I)c(OCc2ccccc2F)c(I)c1. The molecule has 0 bridgehead atoms. The molecule has 0 aliphatic heterocycles. The molecular weight excluding hydrogens is 752 g/mol. The molecule has 0 unspecified atom stereocenters. The molecule has 4 aromatic carbocycles. The molecule has 0 atom stereocenters. The Hall–Kier alpha value is -3.33. The summed E-state index contributed by atoms with van der Waals surface area (Å²) in [5.41, 5.74) is 0.0799. The van der Waals surface area contributed by atoms with E-state index in [0.717, 1.165) is 23.9 Å². The van der Waals surface area contributed by atoms with Crippen molar-refractivity contribution in [3.05, 3.63) is 125 Å². The standard InChI is InChI=1S/C29H17F4I2N3O2/c30-22-10-3-1-6-19(22)16-40-26-23(34)12-17(13-24(26)35)15-36-38-27(18-7-5-8-20(14-18)29(31,32)33)37-25-11-4-2-9-21(25)28(38)39/h1-15H,16H2. The van der Waals surface area contributed by atoms with E-state index in [9.17, 15) is 22.4 Å². The Balaban J connectivity index is 1.54. The van der Waals surface area contributed by atoms with Crippen molar-refractivity contribution in [2.24, 2.45) is 5.10 Å². The van der Waals surface area contributed by atoms with E-state index in [-0.39, 0.29) is 29.2 Å². The fourth-order valence-electron chi connectivity index (χ4n) is 3.93. The van der Waals surface area contributed by atoms with Gasteiger partial charge in [0, 0.05) is 11.1 Å². The van der Waals surface area contributed by atoms with Crippen LogP contribution in [0.5, 0.6) is 5.75 Å². The lowest BCUT2D eigenvalue weighted by Crippen LogP contribution is -2.20. The second-order valence-electron chi connectivity index (χ2n) is 8.59. The van der Waals surface area contributed by atoms with Crippen molar-refractivity contribution in [3.63, 3.8) is 0 Å². The summed E-state index contributed by atoms with van der Waals surface area (Å²) in [6, 6.07) is 21.1. The molecule has 5 rings (SSSR count). The Bertz CT molecular complexity index is 1800. The number of para-hydroxylation sites is 1. The molecule has 0 saturated carbocycles. The minimum absolute atomic E-state index is 0.0275. The van der Waals surface area contributed by atoms with Gasteiger partial charge in [0.2, 0.25) is 0 Å². The summed E-state index contributed by atoms with van der Waals surface area (Å²) in [7, 11) is 0. The van der Waals surface area contributed by atoms with Gasteiger partial charge < -0.3 is 4.74 Å². The molecule has 0 N–H and O–H groups in total. The molecule has 0 amide bonds. The normalized spacial score (nSPS) is 11.8. The maximum absolute atomic E-state index is 14.0. The zero-order valence-electron chi connectivity index (χ0n) is 20.3. The van der Waals surface area contributed by atoms with Gasteiger partial charge in [-0.1, -0.05) is 42.5 Å². The van der Waals surface area contributed by atoms with Crippen LogP contribution < -0.4 is 10.3 Å². The zero-order valence-corrected chi connectivity index (χ0v) is 24.6. The number of halogens is 6. The number of alkyl halides is 3. The van der Waals surface area contributed by atoms with E-state index in [0.29, 0.717) is 22.4 Å². The number of nitrogens with zero attached hydrogens (tertiary/aromatic N) is 3. The Labute approximate surface area is 252 Å². The molecule has 0 radical (unpaired) electrons. The summed E-state index contributed by atoms with van der Waals surface area (Å²) in [4.78, 5) is 17.9. The quantitative estimate of drug-likeness (QED) is 0.100. The van der Waals surface area contributed by atoms with Crippen LogP contribution in [-0.4, -0.2) is 15.9 Å². The summed E-state index contributed by atoms with van der Waals surface area (Å²) in [5.74, 6) is 0.179. The number of hydrogen-bond donors (Lipinski definition) is 0. The van der Waals surface area contributed by atoms with Crippen LogP contribution in [0.1, 0.15) is 16.7 Å². The number of rotatable bonds is 6. The number of benzene rings is 4. The first-order valence-electron chi connectivity index (χ1n) is 11.7. The molecule has 0 spiro atoms. The highest BCUT2D eigenvalue weighted by Crippen LogP contribution is 2.32. The van der Waals surface area contributed by atoms with Gasteiger partial charge in [0.25, 0.3) is 5.56 Å². The van der Waals surface area contributed by atoms with E-state index in [1.165, 1.54) is 24.4 Å².